The van der Waals surface area contributed by atoms with Crippen LogP contribution in [0.3, 0.4) is 0 Å². The highest BCUT2D eigenvalue weighted by molar-refractivity contribution is 5.26. The standard InChI is InChI=1S/C17H25N3/c1-4-10-19-17(14(3)20-12-11-18-13-20)16-8-6-15(5-2)7-9-16/h6-9,11-14,17,19H,4-5,10H2,1-3H3. The fraction of sp³-hybridized carbons (Fsp3) is 0.471. The minimum absolute atomic E-state index is 0.315. The van der Waals surface area contributed by atoms with Gasteiger partial charge in [-0.3, -0.25) is 0 Å². The van der Waals surface area contributed by atoms with Crippen molar-refractivity contribution in [1.82, 2.24) is 14.9 Å². The van der Waals surface area contributed by atoms with Gasteiger partial charge in [0.15, 0.2) is 0 Å². The van der Waals surface area contributed by atoms with Crippen molar-refractivity contribution in [2.45, 2.75) is 45.7 Å². The molecule has 0 amide bonds. The molecule has 0 saturated heterocycles. The molecule has 1 heterocycles. The Morgan fingerprint density at radius 2 is 1.95 bits per heavy atom. The predicted octanol–water partition coefficient (Wildman–Crippen LogP) is 3.75. The first-order chi connectivity index (χ1) is 9.76. The summed E-state index contributed by atoms with van der Waals surface area (Å²) < 4.78 is 2.17. The van der Waals surface area contributed by atoms with E-state index in [0.717, 1.165) is 19.4 Å². The van der Waals surface area contributed by atoms with E-state index in [1.807, 2.05) is 18.7 Å². The first kappa shape index (κ1) is 14.8. The van der Waals surface area contributed by atoms with Crippen LogP contribution < -0.4 is 5.32 Å². The molecular weight excluding hydrogens is 246 g/mol. The maximum atomic E-state index is 4.16. The molecule has 0 aliphatic rings. The number of hydrogen-bond acceptors (Lipinski definition) is 2. The fourth-order valence-corrected chi connectivity index (χ4v) is 2.51. The summed E-state index contributed by atoms with van der Waals surface area (Å²) in [6, 6.07) is 9.62. The van der Waals surface area contributed by atoms with E-state index in [0.29, 0.717) is 12.1 Å². The summed E-state index contributed by atoms with van der Waals surface area (Å²) in [6.07, 6.45) is 8.00. The van der Waals surface area contributed by atoms with Gasteiger partial charge in [0, 0.05) is 12.4 Å². The van der Waals surface area contributed by atoms with Crippen LogP contribution in [0.2, 0.25) is 0 Å². The molecular formula is C17H25N3. The van der Waals surface area contributed by atoms with Crippen LogP contribution in [0.1, 0.15) is 50.4 Å². The van der Waals surface area contributed by atoms with E-state index in [1.165, 1.54) is 11.1 Å². The SMILES string of the molecule is CCCNC(c1ccc(CC)cc1)C(C)n1ccnc1. The van der Waals surface area contributed by atoms with Crippen molar-refractivity contribution < 1.29 is 0 Å². The van der Waals surface area contributed by atoms with E-state index >= 15 is 0 Å². The van der Waals surface area contributed by atoms with Crippen LogP contribution in [0.4, 0.5) is 0 Å². The Morgan fingerprint density at radius 3 is 2.50 bits per heavy atom. The van der Waals surface area contributed by atoms with Crippen LogP contribution in [0, 0.1) is 0 Å². The second kappa shape index (κ2) is 7.25. The molecule has 3 heteroatoms. The quantitative estimate of drug-likeness (QED) is 0.831. The summed E-state index contributed by atoms with van der Waals surface area (Å²) in [4.78, 5) is 4.16. The van der Waals surface area contributed by atoms with Crippen LogP contribution in [0.15, 0.2) is 43.0 Å². The number of benzene rings is 1. The van der Waals surface area contributed by atoms with Crippen LogP contribution in [-0.4, -0.2) is 16.1 Å². The zero-order valence-electron chi connectivity index (χ0n) is 12.7. The lowest BCUT2D eigenvalue weighted by Gasteiger charge is -2.27. The van der Waals surface area contributed by atoms with Gasteiger partial charge in [-0.05, 0) is 37.4 Å². The molecule has 20 heavy (non-hydrogen) atoms. The second-order valence-corrected chi connectivity index (χ2v) is 5.28. The normalized spacial score (nSPS) is 14.2. The third kappa shape index (κ3) is 3.48. The second-order valence-electron chi connectivity index (χ2n) is 5.28. The third-order valence-electron chi connectivity index (χ3n) is 3.84. The number of imidazole rings is 1. The van der Waals surface area contributed by atoms with E-state index in [-0.39, 0.29) is 0 Å². The molecule has 0 bridgehead atoms. The molecule has 1 aromatic carbocycles. The van der Waals surface area contributed by atoms with Gasteiger partial charge >= 0.3 is 0 Å². The molecule has 2 unspecified atom stereocenters. The molecule has 2 aromatic rings. The molecule has 108 valence electrons. The zero-order valence-corrected chi connectivity index (χ0v) is 12.7. The van der Waals surface area contributed by atoms with Gasteiger partial charge in [-0.1, -0.05) is 38.1 Å². The molecule has 0 saturated carbocycles. The number of nitrogens with one attached hydrogen (secondary N) is 1. The van der Waals surface area contributed by atoms with Gasteiger partial charge in [0.2, 0.25) is 0 Å². The van der Waals surface area contributed by atoms with Crippen molar-refractivity contribution in [2.24, 2.45) is 0 Å². The summed E-state index contributed by atoms with van der Waals surface area (Å²) in [5.41, 5.74) is 2.73. The Balaban J connectivity index is 2.21. The van der Waals surface area contributed by atoms with Crippen molar-refractivity contribution in [2.75, 3.05) is 6.54 Å². The zero-order chi connectivity index (χ0) is 14.4. The first-order valence-electron chi connectivity index (χ1n) is 7.56. The van der Waals surface area contributed by atoms with Crippen LogP contribution in [0.25, 0.3) is 0 Å². The van der Waals surface area contributed by atoms with Crippen LogP contribution in [0.5, 0.6) is 0 Å². The largest absolute Gasteiger partial charge is 0.333 e. The monoisotopic (exact) mass is 271 g/mol. The average Bonchev–Trinajstić information content (AvgIpc) is 3.02. The Morgan fingerprint density at radius 1 is 1.20 bits per heavy atom. The molecule has 1 N–H and O–H groups in total. The highest BCUT2D eigenvalue weighted by Gasteiger charge is 2.19. The minimum atomic E-state index is 0.315. The first-order valence-corrected chi connectivity index (χ1v) is 7.56. The Hall–Kier alpha value is -1.61. The van der Waals surface area contributed by atoms with Crippen molar-refractivity contribution in [3.05, 3.63) is 54.1 Å². The number of rotatable bonds is 7. The average molecular weight is 271 g/mol. The Bertz CT molecular complexity index is 487. The van der Waals surface area contributed by atoms with Crippen molar-refractivity contribution in [1.29, 1.82) is 0 Å². The molecule has 2 rings (SSSR count). The topological polar surface area (TPSA) is 29.9 Å². The van der Waals surface area contributed by atoms with Gasteiger partial charge in [-0.15, -0.1) is 0 Å². The van der Waals surface area contributed by atoms with Gasteiger partial charge in [0.1, 0.15) is 0 Å². The van der Waals surface area contributed by atoms with Gasteiger partial charge in [-0.2, -0.15) is 0 Å². The maximum absolute atomic E-state index is 4.16. The summed E-state index contributed by atoms with van der Waals surface area (Å²) >= 11 is 0. The molecule has 0 spiro atoms. The maximum Gasteiger partial charge on any atom is 0.0949 e. The lowest BCUT2D eigenvalue weighted by atomic mass is 9.98. The lowest BCUT2D eigenvalue weighted by molar-refractivity contribution is 0.379. The molecule has 2 atom stereocenters. The highest BCUT2D eigenvalue weighted by Crippen LogP contribution is 2.26. The summed E-state index contributed by atoms with van der Waals surface area (Å²) in [5, 5.41) is 3.66. The fourth-order valence-electron chi connectivity index (χ4n) is 2.51. The molecule has 3 nitrogen and oxygen atoms in total. The van der Waals surface area contributed by atoms with Crippen LogP contribution in [-0.2, 0) is 6.42 Å². The van der Waals surface area contributed by atoms with Gasteiger partial charge in [0.25, 0.3) is 0 Å². The number of nitrogens with zero attached hydrogens (tertiary/aromatic N) is 2. The molecule has 0 fully saturated rings. The number of aromatic nitrogens is 2. The summed E-state index contributed by atoms with van der Waals surface area (Å²) in [7, 11) is 0. The summed E-state index contributed by atoms with van der Waals surface area (Å²) in [5.74, 6) is 0. The predicted molar refractivity (Wildman–Crippen MR) is 83.8 cm³/mol. The van der Waals surface area contributed by atoms with Crippen molar-refractivity contribution >= 4 is 0 Å². The van der Waals surface area contributed by atoms with E-state index in [9.17, 15) is 0 Å². The van der Waals surface area contributed by atoms with Crippen molar-refractivity contribution in [3.63, 3.8) is 0 Å². The van der Waals surface area contributed by atoms with Gasteiger partial charge in [0.05, 0.1) is 18.4 Å². The molecule has 0 radical (unpaired) electrons. The van der Waals surface area contributed by atoms with E-state index in [1.54, 1.807) is 0 Å². The smallest absolute Gasteiger partial charge is 0.0949 e. The molecule has 1 aromatic heterocycles. The Labute approximate surface area is 122 Å². The molecule has 0 aliphatic carbocycles. The van der Waals surface area contributed by atoms with E-state index in [2.05, 4.69) is 59.9 Å². The van der Waals surface area contributed by atoms with Gasteiger partial charge < -0.3 is 9.88 Å². The minimum Gasteiger partial charge on any atom is -0.333 e. The lowest BCUT2D eigenvalue weighted by Crippen LogP contribution is -2.29. The van der Waals surface area contributed by atoms with Crippen molar-refractivity contribution in [3.8, 4) is 0 Å². The van der Waals surface area contributed by atoms with E-state index < -0.39 is 0 Å². The van der Waals surface area contributed by atoms with Gasteiger partial charge in [-0.25, -0.2) is 4.98 Å². The Kier molecular flexibility index (Phi) is 5.36. The third-order valence-corrected chi connectivity index (χ3v) is 3.84. The summed E-state index contributed by atoms with van der Waals surface area (Å²) in [6.45, 7) is 7.66. The van der Waals surface area contributed by atoms with E-state index in [4.69, 9.17) is 0 Å². The highest BCUT2D eigenvalue weighted by atomic mass is 15.1. The van der Waals surface area contributed by atoms with Crippen LogP contribution >= 0.6 is 0 Å². The number of aryl methyl sites for hydroxylation is 1. The molecule has 0 aliphatic heterocycles. The number of hydrogen-bond donors (Lipinski definition) is 1.